The van der Waals surface area contributed by atoms with Crippen molar-refractivity contribution in [2.75, 3.05) is 26.7 Å². The van der Waals surface area contributed by atoms with E-state index in [-0.39, 0.29) is 19.2 Å². The summed E-state index contributed by atoms with van der Waals surface area (Å²) in [5, 5.41) is 8.93. The van der Waals surface area contributed by atoms with Crippen molar-refractivity contribution in [2.24, 2.45) is 0 Å². The van der Waals surface area contributed by atoms with Gasteiger partial charge in [0.1, 0.15) is 0 Å². The number of hydrogen-bond donors (Lipinski definition) is 1. The summed E-state index contributed by atoms with van der Waals surface area (Å²) in [6, 6.07) is 3.49. The van der Waals surface area contributed by atoms with E-state index in [1.54, 1.807) is 24.3 Å². The number of carbonyl (C=O) groups is 2. The summed E-state index contributed by atoms with van der Waals surface area (Å²) < 4.78 is 5.10. The molecule has 1 fully saturated rings. The maximum atomic E-state index is 12.3. The third-order valence-corrected chi connectivity index (χ3v) is 3.08. The molecule has 20 heavy (non-hydrogen) atoms. The molecule has 0 saturated carbocycles. The van der Waals surface area contributed by atoms with E-state index < -0.39 is 12.1 Å². The average Bonchev–Trinajstić information content (AvgIpc) is 2.47. The van der Waals surface area contributed by atoms with Gasteiger partial charge in [-0.3, -0.25) is 4.98 Å². The maximum Gasteiger partial charge on any atom is 0.334 e. The van der Waals surface area contributed by atoms with Crippen LogP contribution >= 0.6 is 0 Å². The van der Waals surface area contributed by atoms with Crippen molar-refractivity contribution >= 4 is 12.0 Å². The number of pyridine rings is 1. The molecule has 0 radical (unpaired) electrons. The molecule has 1 aromatic rings. The van der Waals surface area contributed by atoms with Gasteiger partial charge in [0, 0.05) is 32.5 Å². The summed E-state index contributed by atoms with van der Waals surface area (Å²) in [7, 11) is 1.68. The van der Waals surface area contributed by atoms with E-state index in [4.69, 9.17) is 9.84 Å². The second-order valence-electron chi connectivity index (χ2n) is 4.64. The van der Waals surface area contributed by atoms with Gasteiger partial charge in [-0.2, -0.15) is 0 Å². The molecular formula is C13H17N3O4. The molecule has 1 saturated heterocycles. The van der Waals surface area contributed by atoms with Crippen molar-refractivity contribution in [2.45, 2.75) is 12.6 Å². The Bertz CT molecular complexity index is 480. The van der Waals surface area contributed by atoms with Crippen LogP contribution in [0.3, 0.4) is 0 Å². The molecule has 2 amide bonds. The summed E-state index contributed by atoms with van der Waals surface area (Å²) in [6.07, 6.45) is 2.42. The molecule has 0 aromatic carbocycles. The predicted molar refractivity (Wildman–Crippen MR) is 70.0 cm³/mol. The van der Waals surface area contributed by atoms with Crippen LogP contribution in [-0.2, 0) is 16.1 Å². The zero-order valence-corrected chi connectivity index (χ0v) is 11.2. The molecule has 1 atom stereocenters. The fraction of sp³-hybridized carbons (Fsp3) is 0.462. The molecule has 1 aliphatic heterocycles. The molecule has 1 aromatic heterocycles. The Hall–Kier alpha value is -2.15. The van der Waals surface area contributed by atoms with Crippen LogP contribution in [0.25, 0.3) is 0 Å². The van der Waals surface area contributed by atoms with Gasteiger partial charge in [-0.05, 0) is 11.6 Å². The Morgan fingerprint density at radius 2 is 2.40 bits per heavy atom. The smallest absolute Gasteiger partial charge is 0.334 e. The van der Waals surface area contributed by atoms with Crippen LogP contribution in [0.4, 0.5) is 4.79 Å². The van der Waals surface area contributed by atoms with Gasteiger partial charge in [0.2, 0.25) is 0 Å². The second-order valence-corrected chi connectivity index (χ2v) is 4.64. The second kappa shape index (κ2) is 6.33. The lowest BCUT2D eigenvalue weighted by Gasteiger charge is -2.33. The van der Waals surface area contributed by atoms with Gasteiger partial charge in [-0.25, -0.2) is 9.59 Å². The Kier molecular flexibility index (Phi) is 4.52. The number of ether oxygens (including phenoxy) is 1. The number of morpholine rings is 1. The minimum atomic E-state index is -1.04. The highest BCUT2D eigenvalue weighted by molar-refractivity contribution is 5.77. The minimum Gasteiger partial charge on any atom is -0.479 e. The average molecular weight is 279 g/mol. The number of aliphatic carboxylic acids is 1. The first-order chi connectivity index (χ1) is 9.58. The fourth-order valence-electron chi connectivity index (χ4n) is 2.05. The molecular weight excluding hydrogens is 262 g/mol. The quantitative estimate of drug-likeness (QED) is 0.867. The number of carboxylic acid groups (broad SMARTS) is 1. The van der Waals surface area contributed by atoms with E-state index in [0.29, 0.717) is 13.1 Å². The third-order valence-electron chi connectivity index (χ3n) is 3.08. The molecule has 0 spiro atoms. The zero-order chi connectivity index (χ0) is 14.5. The number of urea groups is 1. The largest absolute Gasteiger partial charge is 0.479 e. The van der Waals surface area contributed by atoms with Crippen molar-refractivity contribution in [3.05, 3.63) is 30.1 Å². The van der Waals surface area contributed by atoms with Gasteiger partial charge in [-0.15, -0.1) is 0 Å². The Balaban J connectivity index is 1.94. The number of amides is 2. The van der Waals surface area contributed by atoms with Crippen LogP contribution in [0.5, 0.6) is 0 Å². The van der Waals surface area contributed by atoms with Crippen molar-refractivity contribution in [1.82, 2.24) is 14.8 Å². The van der Waals surface area contributed by atoms with Gasteiger partial charge in [0.05, 0.1) is 13.2 Å². The first kappa shape index (κ1) is 14.3. The summed E-state index contributed by atoms with van der Waals surface area (Å²) in [6.45, 7) is 1.15. The summed E-state index contributed by atoms with van der Waals surface area (Å²) >= 11 is 0. The standard InChI is InChI=1S/C13H17N3O4/c1-15(8-10-3-2-4-14-7-10)13(19)16-5-6-20-11(9-16)12(17)18/h2-4,7,11H,5-6,8-9H2,1H3,(H,17,18). The lowest BCUT2D eigenvalue weighted by molar-refractivity contribution is -0.154. The topological polar surface area (TPSA) is 83.0 Å². The first-order valence-corrected chi connectivity index (χ1v) is 6.31. The van der Waals surface area contributed by atoms with Crippen LogP contribution in [0.15, 0.2) is 24.5 Å². The number of hydrogen-bond acceptors (Lipinski definition) is 4. The maximum absolute atomic E-state index is 12.3. The van der Waals surface area contributed by atoms with E-state index in [1.165, 1.54) is 4.90 Å². The van der Waals surface area contributed by atoms with Crippen LogP contribution in [-0.4, -0.2) is 64.7 Å². The van der Waals surface area contributed by atoms with E-state index in [0.717, 1.165) is 5.56 Å². The lowest BCUT2D eigenvalue weighted by atomic mass is 10.2. The Morgan fingerprint density at radius 1 is 1.60 bits per heavy atom. The van der Waals surface area contributed by atoms with Gasteiger partial charge in [-0.1, -0.05) is 6.07 Å². The molecule has 1 unspecified atom stereocenters. The highest BCUT2D eigenvalue weighted by Gasteiger charge is 2.30. The Labute approximate surface area is 116 Å². The highest BCUT2D eigenvalue weighted by atomic mass is 16.5. The molecule has 0 aliphatic carbocycles. The van der Waals surface area contributed by atoms with E-state index in [2.05, 4.69) is 4.98 Å². The summed E-state index contributed by atoms with van der Waals surface area (Å²) in [5.41, 5.74) is 0.923. The zero-order valence-electron chi connectivity index (χ0n) is 11.2. The predicted octanol–water partition coefficient (Wildman–Crippen LogP) is 0.419. The monoisotopic (exact) mass is 279 g/mol. The number of carbonyl (C=O) groups excluding carboxylic acids is 1. The molecule has 1 aliphatic rings. The normalized spacial score (nSPS) is 18.6. The van der Waals surface area contributed by atoms with Gasteiger partial charge >= 0.3 is 12.0 Å². The number of rotatable bonds is 3. The van der Waals surface area contributed by atoms with Gasteiger partial charge in [0.15, 0.2) is 6.10 Å². The van der Waals surface area contributed by atoms with Gasteiger partial charge < -0.3 is 19.6 Å². The number of aromatic nitrogens is 1. The summed E-state index contributed by atoms with van der Waals surface area (Å²) in [5.74, 6) is -1.04. The van der Waals surface area contributed by atoms with Crippen molar-refractivity contribution in [1.29, 1.82) is 0 Å². The van der Waals surface area contributed by atoms with Crippen LogP contribution in [0.1, 0.15) is 5.56 Å². The van der Waals surface area contributed by atoms with Crippen LogP contribution in [0.2, 0.25) is 0 Å². The number of carboxylic acids is 1. The molecule has 2 heterocycles. The first-order valence-electron chi connectivity index (χ1n) is 6.31. The van der Waals surface area contributed by atoms with Gasteiger partial charge in [0.25, 0.3) is 0 Å². The number of nitrogens with zero attached hydrogens (tertiary/aromatic N) is 3. The SMILES string of the molecule is CN(Cc1cccnc1)C(=O)N1CCOC(C(=O)O)C1. The Morgan fingerprint density at radius 3 is 3.05 bits per heavy atom. The third kappa shape index (κ3) is 3.45. The van der Waals surface area contributed by atoms with E-state index in [9.17, 15) is 9.59 Å². The minimum absolute atomic E-state index is 0.0749. The summed E-state index contributed by atoms with van der Waals surface area (Å²) in [4.78, 5) is 30.2. The van der Waals surface area contributed by atoms with Crippen molar-refractivity contribution in [3.8, 4) is 0 Å². The fourth-order valence-corrected chi connectivity index (χ4v) is 2.05. The molecule has 1 N–H and O–H groups in total. The van der Waals surface area contributed by atoms with Crippen LogP contribution < -0.4 is 0 Å². The van der Waals surface area contributed by atoms with E-state index >= 15 is 0 Å². The van der Waals surface area contributed by atoms with E-state index in [1.807, 2.05) is 12.1 Å². The molecule has 7 nitrogen and oxygen atoms in total. The molecule has 7 heteroatoms. The molecule has 108 valence electrons. The molecule has 0 bridgehead atoms. The highest BCUT2D eigenvalue weighted by Crippen LogP contribution is 2.10. The van der Waals surface area contributed by atoms with Crippen LogP contribution in [0, 0.1) is 0 Å². The van der Waals surface area contributed by atoms with Crippen molar-refractivity contribution in [3.63, 3.8) is 0 Å². The lowest BCUT2D eigenvalue weighted by Crippen LogP contribution is -2.51. The van der Waals surface area contributed by atoms with Crippen molar-refractivity contribution < 1.29 is 19.4 Å². The molecule has 2 rings (SSSR count).